The Morgan fingerprint density at radius 1 is 0.757 bits per heavy atom. The van der Waals surface area contributed by atoms with Crippen LogP contribution in [0.5, 0.6) is 11.5 Å². The highest BCUT2D eigenvalue weighted by molar-refractivity contribution is 6.30. The fourth-order valence-corrected chi connectivity index (χ4v) is 3.81. The third kappa shape index (κ3) is 12.3. The summed E-state index contributed by atoms with van der Waals surface area (Å²) in [7, 11) is 0. The quantitative estimate of drug-likeness (QED) is 0.0642. The lowest BCUT2D eigenvalue weighted by Crippen LogP contribution is -2.25. The van der Waals surface area contributed by atoms with Gasteiger partial charge in [-0.2, -0.15) is 0 Å². The Morgan fingerprint density at radius 3 is 1.70 bits per heavy atom. The smallest absolute Gasteiger partial charge is 0.330 e. The van der Waals surface area contributed by atoms with Gasteiger partial charge in [-0.15, -0.1) is 11.6 Å². The molecule has 0 saturated heterocycles. The molecule has 0 fully saturated rings. The fraction of sp³-hybridized carbons (Fsp3) is 0.484. The zero-order valence-electron chi connectivity index (χ0n) is 22.3. The first kappa shape index (κ1) is 30.4. The molecule has 0 amide bonds. The van der Waals surface area contributed by atoms with Crippen molar-refractivity contribution in [2.24, 2.45) is 5.92 Å². The maximum absolute atomic E-state index is 12.0. The molecule has 2 aromatic carbocycles. The molecule has 0 spiro atoms. The van der Waals surface area contributed by atoms with Crippen molar-refractivity contribution in [2.45, 2.75) is 77.0 Å². The molecule has 0 aliphatic heterocycles. The monoisotopic (exact) mass is 528 g/mol. The van der Waals surface area contributed by atoms with Crippen molar-refractivity contribution in [3.63, 3.8) is 0 Å². The van der Waals surface area contributed by atoms with Crippen molar-refractivity contribution in [3.8, 4) is 22.6 Å². The van der Waals surface area contributed by atoms with Gasteiger partial charge in [0.25, 0.3) is 0 Å². The van der Waals surface area contributed by atoms with Gasteiger partial charge in [0.2, 0.25) is 0 Å². The molecule has 1 atom stereocenters. The molecule has 0 aliphatic rings. The predicted molar refractivity (Wildman–Crippen MR) is 150 cm³/mol. The number of benzene rings is 2. The van der Waals surface area contributed by atoms with Gasteiger partial charge >= 0.3 is 11.9 Å². The first-order chi connectivity index (χ1) is 17.9. The van der Waals surface area contributed by atoms with Crippen LogP contribution >= 0.6 is 11.6 Å². The first-order valence-electron chi connectivity index (χ1n) is 13.4. The van der Waals surface area contributed by atoms with Crippen LogP contribution in [0.4, 0.5) is 0 Å². The summed E-state index contributed by atoms with van der Waals surface area (Å²) in [6.07, 6.45) is 11.6. The number of hydrogen-bond donors (Lipinski definition) is 0. The number of unbranched alkanes of at least 4 members (excludes halogenated alkanes) is 8. The lowest BCUT2D eigenvalue weighted by Gasteiger charge is -2.12. The fourth-order valence-electron chi connectivity index (χ4n) is 3.77. The minimum atomic E-state index is -0.656. The van der Waals surface area contributed by atoms with Crippen molar-refractivity contribution >= 4 is 23.5 Å². The summed E-state index contributed by atoms with van der Waals surface area (Å²) in [4.78, 5) is 23.0. The molecule has 0 aromatic heterocycles. The van der Waals surface area contributed by atoms with Gasteiger partial charge in [0, 0.05) is 6.08 Å². The van der Waals surface area contributed by atoms with E-state index in [0.717, 1.165) is 42.7 Å². The highest BCUT2D eigenvalue weighted by Crippen LogP contribution is 2.25. The van der Waals surface area contributed by atoms with Gasteiger partial charge in [-0.25, -0.2) is 4.79 Å². The van der Waals surface area contributed by atoms with Crippen LogP contribution in [0.25, 0.3) is 11.1 Å². The maximum Gasteiger partial charge on any atom is 0.330 e. The van der Waals surface area contributed by atoms with Crippen molar-refractivity contribution in [3.05, 3.63) is 61.2 Å². The van der Waals surface area contributed by atoms with Crippen LogP contribution in [-0.2, 0) is 14.3 Å². The average Bonchev–Trinajstić information content (AvgIpc) is 2.91. The van der Waals surface area contributed by atoms with Crippen molar-refractivity contribution < 1.29 is 23.8 Å². The molecule has 0 bridgehead atoms. The Hall–Kier alpha value is -2.79. The molecule has 202 valence electrons. The van der Waals surface area contributed by atoms with E-state index in [2.05, 4.69) is 6.58 Å². The van der Waals surface area contributed by atoms with E-state index >= 15 is 0 Å². The summed E-state index contributed by atoms with van der Waals surface area (Å²) >= 11 is 6.07. The zero-order valence-corrected chi connectivity index (χ0v) is 23.0. The number of alkyl halides is 1. The molecule has 5 nitrogen and oxygen atoms in total. The van der Waals surface area contributed by atoms with Gasteiger partial charge < -0.3 is 14.2 Å². The lowest BCUT2D eigenvalue weighted by atomic mass is 10.1. The largest absolute Gasteiger partial charge is 0.494 e. The Bertz CT molecular complexity index is 937. The molecule has 37 heavy (non-hydrogen) atoms. The third-order valence-corrected chi connectivity index (χ3v) is 6.72. The van der Waals surface area contributed by atoms with E-state index in [-0.39, 0.29) is 11.9 Å². The number of carbonyl (C=O) groups is 2. The summed E-state index contributed by atoms with van der Waals surface area (Å²) in [5.41, 5.74) is 2.11. The molecule has 0 saturated carbocycles. The van der Waals surface area contributed by atoms with Crippen molar-refractivity contribution in [1.29, 1.82) is 0 Å². The van der Waals surface area contributed by atoms with Crippen LogP contribution < -0.4 is 9.47 Å². The zero-order chi connectivity index (χ0) is 26.9. The lowest BCUT2D eigenvalue weighted by molar-refractivity contribution is -0.138. The van der Waals surface area contributed by atoms with E-state index in [1.165, 1.54) is 44.6 Å². The van der Waals surface area contributed by atoms with Crippen LogP contribution in [0.1, 0.15) is 71.6 Å². The minimum Gasteiger partial charge on any atom is -0.494 e. The Balaban J connectivity index is 1.55. The van der Waals surface area contributed by atoms with Gasteiger partial charge in [-0.1, -0.05) is 89.6 Å². The first-order valence-corrected chi connectivity index (χ1v) is 13.8. The molecule has 0 aliphatic carbocycles. The number of rotatable bonds is 18. The Labute approximate surface area is 227 Å². The van der Waals surface area contributed by atoms with Gasteiger partial charge in [0.1, 0.15) is 16.9 Å². The topological polar surface area (TPSA) is 61.8 Å². The van der Waals surface area contributed by atoms with Crippen LogP contribution in [0.3, 0.4) is 0 Å². The van der Waals surface area contributed by atoms with Crippen LogP contribution in [-0.4, -0.2) is 30.5 Å². The summed E-state index contributed by atoms with van der Waals surface area (Å²) < 4.78 is 16.2. The number of carbonyl (C=O) groups excluding carboxylic acids is 2. The molecule has 0 radical (unpaired) electrons. The number of ether oxygens (including phenoxy) is 3. The summed E-state index contributed by atoms with van der Waals surface area (Å²) in [5.74, 6) is 0.615. The number of esters is 2. The molecular formula is C31H41ClO5. The molecule has 0 N–H and O–H groups in total. The minimum absolute atomic E-state index is 0.0180. The highest BCUT2D eigenvalue weighted by atomic mass is 35.5. The molecule has 2 aromatic rings. The Morgan fingerprint density at radius 2 is 1.22 bits per heavy atom. The Kier molecular flexibility index (Phi) is 14.5. The second-order valence-electron chi connectivity index (χ2n) is 9.52. The van der Waals surface area contributed by atoms with Gasteiger partial charge in [0.05, 0.1) is 13.2 Å². The van der Waals surface area contributed by atoms with Gasteiger partial charge in [-0.05, 0) is 54.2 Å². The third-order valence-electron chi connectivity index (χ3n) is 6.04. The molecule has 0 heterocycles. The number of halogens is 1. The maximum atomic E-state index is 12.0. The summed E-state index contributed by atoms with van der Waals surface area (Å²) in [5, 5.41) is -0.656. The van der Waals surface area contributed by atoms with E-state index < -0.39 is 11.3 Å². The average molecular weight is 529 g/mol. The van der Waals surface area contributed by atoms with E-state index in [9.17, 15) is 9.59 Å². The SMILES string of the molecule is C=CC(=O)OCCCCCCCCCCCOc1ccc(-c2ccc(OC(=O)C(Cl)C(C)C)cc2)cc1. The van der Waals surface area contributed by atoms with E-state index in [0.29, 0.717) is 12.4 Å². The standard InChI is InChI=1S/C31H41ClO5/c1-4-29(33)36-23-13-11-9-7-5-6-8-10-12-22-35-27-18-14-25(15-19-27)26-16-20-28(21-17-26)37-31(34)30(32)24(2)3/h4,14-21,24,30H,1,5-13,22-23H2,2-3H3. The van der Waals surface area contributed by atoms with Crippen molar-refractivity contribution in [2.75, 3.05) is 13.2 Å². The van der Waals surface area contributed by atoms with Gasteiger partial charge in [-0.3, -0.25) is 4.79 Å². The van der Waals surface area contributed by atoms with Crippen molar-refractivity contribution in [1.82, 2.24) is 0 Å². The highest BCUT2D eigenvalue weighted by Gasteiger charge is 2.21. The van der Waals surface area contributed by atoms with E-state index in [1.54, 1.807) is 12.1 Å². The van der Waals surface area contributed by atoms with E-state index in [4.69, 9.17) is 25.8 Å². The summed E-state index contributed by atoms with van der Waals surface area (Å²) in [6.45, 7) is 8.37. The van der Waals surface area contributed by atoms with Gasteiger partial charge in [0.15, 0.2) is 0 Å². The van der Waals surface area contributed by atoms with E-state index in [1.807, 2.05) is 50.2 Å². The second kappa shape index (κ2) is 17.6. The van der Waals surface area contributed by atoms with Crippen LogP contribution in [0.15, 0.2) is 61.2 Å². The molecular weight excluding hydrogens is 488 g/mol. The molecule has 1 unspecified atom stereocenters. The van der Waals surface area contributed by atoms with Crippen LogP contribution in [0, 0.1) is 5.92 Å². The second-order valence-corrected chi connectivity index (χ2v) is 9.99. The predicted octanol–water partition coefficient (Wildman–Crippen LogP) is 8.14. The number of hydrogen-bond acceptors (Lipinski definition) is 5. The van der Waals surface area contributed by atoms with Crippen LogP contribution in [0.2, 0.25) is 0 Å². The summed E-state index contributed by atoms with van der Waals surface area (Å²) in [6, 6.07) is 15.5. The normalized spacial score (nSPS) is 11.7. The molecule has 2 rings (SSSR count). The molecule has 6 heteroatoms.